The molecule has 0 bridgehead atoms. The molecule has 0 amide bonds. The first kappa shape index (κ1) is 8.85. The first-order chi connectivity index (χ1) is 5.83. The van der Waals surface area contributed by atoms with E-state index in [1.807, 2.05) is 37.3 Å². The van der Waals surface area contributed by atoms with Crippen molar-refractivity contribution in [3.63, 3.8) is 0 Å². The van der Waals surface area contributed by atoms with Gasteiger partial charge in [0.25, 0.3) is 0 Å². The Morgan fingerprint density at radius 3 is 3.08 bits per heavy atom. The van der Waals surface area contributed by atoms with E-state index in [1.54, 1.807) is 0 Å². The Morgan fingerprint density at radius 1 is 1.67 bits per heavy atom. The summed E-state index contributed by atoms with van der Waals surface area (Å²) in [5, 5.41) is 0. The van der Waals surface area contributed by atoms with Crippen molar-refractivity contribution in [3.8, 4) is 5.75 Å². The maximum atomic E-state index is 5.48. The van der Waals surface area contributed by atoms with Gasteiger partial charge in [-0.3, -0.25) is 0 Å². The molecule has 0 heterocycles. The van der Waals surface area contributed by atoms with Gasteiger partial charge in [0.1, 0.15) is 5.75 Å². The molecule has 0 aliphatic rings. The Hall–Kier alpha value is -1.24. The van der Waals surface area contributed by atoms with Gasteiger partial charge in [0.05, 0.1) is 5.76 Å². The summed E-state index contributed by atoms with van der Waals surface area (Å²) in [7, 11) is 0. The lowest BCUT2D eigenvalue weighted by atomic mass is 10.3. The van der Waals surface area contributed by atoms with E-state index >= 15 is 0 Å². The standard InChI is InChI=1S/C11H13O/c1-3-7-10(2)12-11-8-5-4-6-9-11/h4-5,7-9H,3H2,1-2H3. The normalized spacial score (nSPS) is 11.3. The SMILES string of the molecule is CCC=C(C)Oc1c[c]ccc1. The molecule has 1 radical (unpaired) electrons. The summed E-state index contributed by atoms with van der Waals surface area (Å²) in [6.07, 6.45) is 3.05. The molecular formula is C11H13O. The van der Waals surface area contributed by atoms with Crippen LogP contribution in [0, 0.1) is 6.07 Å². The number of allylic oxidation sites excluding steroid dienone is 2. The fourth-order valence-corrected chi connectivity index (χ4v) is 0.955. The fourth-order valence-electron chi connectivity index (χ4n) is 0.955. The van der Waals surface area contributed by atoms with Crippen LogP contribution in [-0.4, -0.2) is 0 Å². The van der Waals surface area contributed by atoms with Gasteiger partial charge < -0.3 is 4.74 Å². The monoisotopic (exact) mass is 161 g/mol. The summed E-state index contributed by atoms with van der Waals surface area (Å²) in [5.41, 5.74) is 0. The summed E-state index contributed by atoms with van der Waals surface area (Å²) in [6, 6.07) is 10.5. The van der Waals surface area contributed by atoms with Gasteiger partial charge >= 0.3 is 0 Å². The van der Waals surface area contributed by atoms with Gasteiger partial charge in [-0.2, -0.15) is 0 Å². The van der Waals surface area contributed by atoms with Crippen LogP contribution in [0.15, 0.2) is 36.1 Å². The summed E-state index contributed by atoms with van der Waals surface area (Å²) >= 11 is 0. The second kappa shape index (κ2) is 4.60. The number of benzene rings is 1. The van der Waals surface area contributed by atoms with Crippen molar-refractivity contribution in [2.45, 2.75) is 20.3 Å². The molecule has 0 aliphatic heterocycles. The summed E-state index contributed by atoms with van der Waals surface area (Å²) in [5.74, 6) is 1.79. The summed E-state index contributed by atoms with van der Waals surface area (Å²) < 4.78 is 5.48. The molecule has 1 rings (SSSR count). The highest BCUT2D eigenvalue weighted by atomic mass is 16.5. The Bertz CT molecular complexity index is 249. The van der Waals surface area contributed by atoms with E-state index in [4.69, 9.17) is 4.74 Å². The molecule has 0 N–H and O–H groups in total. The maximum Gasteiger partial charge on any atom is 0.127 e. The highest BCUT2D eigenvalue weighted by Crippen LogP contribution is 2.11. The molecule has 0 aromatic heterocycles. The second-order valence-corrected chi connectivity index (χ2v) is 2.56. The van der Waals surface area contributed by atoms with Gasteiger partial charge in [-0.05, 0) is 37.6 Å². The average Bonchev–Trinajstić information content (AvgIpc) is 2.06. The lowest BCUT2D eigenvalue weighted by Crippen LogP contribution is -1.89. The lowest BCUT2D eigenvalue weighted by Gasteiger charge is -2.03. The van der Waals surface area contributed by atoms with Crippen LogP contribution in [0.4, 0.5) is 0 Å². The van der Waals surface area contributed by atoms with Gasteiger partial charge in [0.15, 0.2) is 0 Å². The van der Waals surface area contributed by atoms with Crippen molar-refractivity contribution >= 4 is 0 Å². The van der Waals surface area contributed by atoms with E-state index < -0.39 is 0 Å². The molecule has 0 atom stereocenters. The van der Waals surface area contributed by atoms with E-state index in [1.165, 1.54) is 0 Å². The molecule has 0 fully saturated rings. The van der Waals surface area contributed by atoms with Gasteiger partial charge in [0.2, 0.25) is 0 Å². The van der Waals surface area contributed by atoms with Crippen molar-refractivity contribution in [1.82, 2.24) is 0 Å². The van der Waals surface area contributed by atoms with Crippen LogP contribution in [0.25, 0.3) is 0 Å². The van der Waals surface area contributed by atoms with Crippen LogP contribution < -0.4 is 4.74 Å². The fraction of sp³-hybridized carbons (Fsp3) is 0.273. The third-order valence-corrected chi connectivity index (χ3v) is 1.45. The predicted octanol–water partition coefficient (Wildman–Crippen LogP) is 3.18. The predicted molar refractivity (Wildman–Crippen MR) is 50.0 cm³/mol. The molecule has 1 nitrogen and oxygen atoms in total. The van der Waals surface area contributed by atoms with E-state index in [0.29, 0.717) is 0 Å². The quantitative estimate of drug-likeness (QED) is 0.619. The molecule has 0 saturated heterocycles. The van der Waals surface area contributed by atoms with Gasteiger partial charge in [-0.15, -0.1) is 0 Å². The molecule has 63 valence electrons. The van der Waals surface area contributed by atoms with Gasteiger partial charge in [-0.25, -0.2) is 0 Å². The van der Waals surface area contributed by atoms with Crippen LogP contribution in [0.5, 0.6) is 5.75 Å². The van der Waals surface area contributed by atoms with E-state index in [-0.39, 0.29) is 0 Å². The number of hydrogen-bond acceptors (Lipinski definition) is 1. The molecule has 1 aromatic carbocycles. The number of hydrogen-bond donors (Lipinski definition) is 0. The molecule has 0 saturated carbocycles. The zero-order valence-electron chi connectivity index (χ0n) is 7.50. The van der Waals surface area contributed by atoms with Crippen LogP contribution in [0.1, 0.15) is 20.3 Å². The minimum Gasteiger partial charge on any atom is -0.462 e. The van der Waals surface area contributed by atoms with Crippen LogP contribution in [0.3, 0.4) is 0 Å². The van der Waals surface area contributed by atoms with Crippen molar-refractivity contribution < 1.29 is 4.74 Å². The zero-order valence-corrected chi connectivity index (χ0v) is 7.50. The molecule has 12 heavy (non-hydrogen) atoms. The first-order valence-electron chi connectivity index (χ1n) is 4.13. The molecule has 1 aromatic rings. The van der Waals surface area contributed by atoms with E-state index in [0.717, 1.165) is 17.9 Å². The topological polar surface area (TPSA) is 9.23 Å². The largest absolute Gasteiger partial charge is 0.462 e. The van der Waals surface area contributed by atoms with Gasteiger partial charge in [0, 0.05) is 0 Å². The maximum absolute atomic E-state index is 5.48. The lowest BCUT2D eigenvalue weighted by molar-refractivity contribution is 0.425. The molecule has 1 heteroatoms. The smallest absolute Gasteiger partial charge is 0.127 e. The van der Waals surface area contributed by atoms with Crippen molar-refractivity contribution in [1.29, 1.82) is 0 Å². The van der Waals surface area contributed by atoms with Crippen LogP contribution in [0.2, 0.25) is 0 Å². The second-order valence-electron chi connectivity index (χ2n) is 2.56. The number of rotatable bonds is 3. The highest BCUT2D eigenvalue weighted by Gasteiger charge is 1.91. The van der Waals surface area contributed by atoms with Crippen molar-refractivity contribution in [2.24, 2.45) is 0 Å². The zero-order chi connectivity index (χ0) is 8.81. The number of ether oxygens (including phenoxy) is 1. The van der Waals surface area contributed by atoms with Crippen LogP contribution in [-0.2, 0) is 0 Å². The minimum atomic E-state index is 0.847. The Balaban J connectivity index is 2.58. The minimum absolute atomic E-state index is 0.847. The average molecular weight is 161 g/mol. The van der Waals surface area contributed by atoms with Crippen molar-refractivity contribution in [2.75, 3.05) is 0 Å². The molecular weight excluding hydrogens is 148 g/mol. The summed E-state index contributed by atoms with van der Waals surface area (Å²) in [4.78, 5) is 0. The Kier molecular flexibility index (Phi) is 3.39. The van der Waals surface area contributed by atoms with E-state index in [9.17, 15) is 0 Å². The molecule has 0 spiro atoms. The first-order valence-corrected chi connectivity index (χ1v) is 4.13. The third-order valence-electron chi connectivity index (χ3n) is 1.45. The summed E-state index contributed by atoms with van der Waals surface area (Å²) in [6.45, 7) is 4.04. The van der Waals surface area contributed by atoms with E-state index in [2.05, 4.69) is 13.0 Å². The van der Waals surface area contributed by atoms with Gasteiger partial charge in [-0.1, -0.05) is 19.1 Å². The molecule has 0 unspecified atom stereocenters. The Morgan fingerprint density at radius 2 is 2.50 bits per heavy atom. The van der Waals surface area contributed by atoms with Crippen molar-refractivity contribution in [3.05, 3.63) is 42.2 Å². The Labute approximate surface area is 73.7 Å². The third kappa shape index (κ3) is 2.79. The highest BCUT2D eigenvalue weighted by molar-refractivity contribution is 5.22. The molecule has 0 aliphatic carbocycles. The van der Waals surface area contributed by atoms with Crippen LogP contribution >= 0.6 is 0 Å².